The summed E-state index contributed by atoms with van der Waals surface area (Å²) in [5.74, 6) is 2.56. The second kappa shape index (κ2) is 6.23. The zero-order valence-electron chi connectivity index (χ0n) is 12.9. The zero-order valence-corrected chi connectivity index (χ0v) is 12.9. The summed E-state index contributed by atoms with van der Waals surface area (Å²) in [6, 6.07) is 9.32. The van der Waals surface area contributed by atoms with Crippen LogP contribution in [0.2, 0.25) is 0 Å². The third-order valence-electron chi connectivity index (χ3n) is 3.73. The minimum absolute atomic E-state index is 0.243. The number of benzene rings is 1. The van der Waals surface area contributed by atoms with Gasteiger partial charge in [0.1, 0.15) is 5.82 Å². The Bertz CT molecular complexity index is 746. The van der Waals surface area contributed by atoms with Crippen molar-refractivity contribution in [3.8, 4) is 11.5 Å². The molecule has 1 aromatic heterocycles. The molecule has 2 aliphatic rings. The molecular formula is C16H17N5O3. The first kappa shape index (κ1) is 14.6. The van der Waals surface area contributed by atoms with Crippen LogP contribution in [0.15, 0.2) is 30.3 Å². The molecule has 0 spiro atoms. The van der Waals surface area contributed by atoms with Crippen LogP contribution in [0.4, 0.5) is 16.4 Å². The van der Waals surface area contributed by atoms with Crippen LogP contribution in [-0.2, 0) is 6.54 Å². The normalized spacial score (nSPS) is 15.0. The van der Waals surface area contributed by atoms with Crippen molar-refractivity contribution in [2.45, 2.75) is 25.4 Å². The highest BCUT2D eigenvalue weighted by Crippen LogP contribution is 2.32. The number of aromatic nitrogens is 2. The molecule has 124 valence electrons. The largest absolute Gasteiger partial charge is 0.454 e. The molecule has 3 N–H and O–H groups in total. The van der Waals surface area contributed by atoms with Gasteiger partial charge >= 0.3 is 6.03 Å². The number of nitrogens with one attached hydrogen (secondary N) is 3. The number of carbonyl (C=O) groups excluding carboxylic acids is 1. The first-order chi connectivity index (χ1) is 11.8. The van der Waals surface area contributed by atoms with Crippen LogP contribution in [0.25, 0.3) is 0 Å². The second-order valence-electron chi connectivity index (χ2n) is 5.72. The lowest BCUT2D eigenvalue weighted by Crippen LogP contribution is -2.30. The summed E-state index contributed by atoms with van der Waals surface area (Å²) in [6.45, 7) is 0.848. The van der Waals surface area contributed by atoms with Gasteiger partial charge in [-0.3, -0.25) is 5.32 Å². The molecule has 2 amide bonds. The van der Waals surface area contributed by atoms with Crippen LogP contribution in [0.3, 0.4) is 0 Å². The van der Waals surface area contributed by atoms with Crippen molar-refractivity contribution in [1.82, 2.24) is 15.5 Å². The number of urea groups is 1. The van der Waals surface area contributed by atoms with Gasteiger partial charge in [-0.2, -0.15) is 0 Å². The summed E-state index contributed by atoms with van der Waals surface area (Å²) >= 11 is 0. The Kier molecular flexibility index (Phi) is 3.78. The molecule has 0 bridgehead atoms. The Labute approximate surface area is 138 Å². The van der Waals surface area contributed by atoms with E-state index in [1.165, 1.54) is 0 Å². The van der Waals surface area contributed by atoms with Gasteiger partial charge in [0.15, 0.2) is 17.3 Å². The van der Waals surface area contributed by atoms with Gasteiger partial charge in [-0.1, -0.05) is 6.07 Å². The van der Waals surface area contributed by atoms with Crippen molar-refractivity contribution >= 4 is 17.7 Å². The Balaban J connectivity index is 1.31. The average Bonchev–Trinajstić information content (AvgIpc) is 3.27. The number of rotatable bonds is 5. The first-order valence-electron chi connectivity index (χ1n) is 7.80. The lowest BCUT2D eigenvalue weighted by Gasteiger charge is -2.08. The average molecular weight is 327 g/mol. The van der Waals surface area contributed by atoms with Gasteiger partial charge in [0.25, 0.3) is 0 Å². The summed E-state index contributed by atoms with van der Waals surface area (Å²) < 4.78 is 10.6. The van der Waals surface area contributed by atoms with E-state index in [1.807, 2.05) is 18.2 Å². The monoisotopic (exact) mass is 327 g/mol. The van der Waals surface area contributed by atoms with Crippen molar-refractivity contribution in [2.75, 3.05) is 17.4 Å². The third kappa shape index (κ3) is 3.48. The molecule has 8 heteroatoms. The molecule has 0 radical (unpaired) electrons. The molecular weight excluding hydrogens is 310 g/mol. The van der Waals surface area contributed by atoms with Crippen molar-refractivity contribution in [1.29, 1.82) is 0 Å². The van der Waals surface area contributed by atoms with E-state index < -0.39 is 0 Å². The molecule has 1 fully saturated rings. The summed E-state index contributed by atoms with van der Waals surface area (Å²) in [4.78, 5) is 11.6. The van der Waals surface area contributed by atoms with Gasteiger partial charge in [0.05, 0.1) is 0 Å². The van der Waals surface area contributed by atoms with Crippen LogP contribution in [0.1, 0.15) is 18.4 Å². The SMILES string of the molecule is O=C(Nc1ccc(NCc2ccc3c(c2)OCO3)nn1)NC1CC1. The molecule has 8 nitrogen and oxygen atoms in total. The number of carbonyl (C=O) groups is 1. The molecule has 0 saturated heterocycles. The maximum Gasteiger partial charge on any atom is 0.320 e. The molecule has 0 unspecified atom stereocenters. The Hall–Kier alpha value is -3.03. The smallest absolute Gasteiger partial charge is 0.320 e. The minimum atomic E-state index is -0.243. The van der Waals surface area contributed by atoms with E-state index in [9.17, 15) is 4.79 Å². The fourth-order valence-electron chi connectivity index (χ4n) is 2.30. The van der Waals surface area contributed by atoms with E-state index in [0.717, 1.165) is 29.9 Å². The van der Waals surface area contributed by atoms with Crippen molar-refractivity contribution in [3.05, 3.63) is 35.9 Å². The topological polar surface area (TPSA) is 97.4 Å². The number of fused-ring (bicyclic) bond motifs is 1. The fourth-order valence-corrected chi connectivity index (χ4v) is 2.30. The molecule has 1 aromatic carbocycles. The van der Waals surface area contributed by atoms with Gasteiger partial charge < -0.3 is 20.1 Å². The quantitative estimate of drug-likeness (QED) is 0.778. The molecule has 24 heavy (non-hydrogen) atoms. The standard InChI is InChI=1S/C16H17N5O3/c22-16(18-11-2-3-11)19-15-6-5-14(20-21-15)17-8-10-1-4-12-13(7-10)24-9-23-12/h1,4-7,11H,2-3,8-9H2,(H,17,20)(H2,18,19,21,22). The predicted molar refractivity (Wildman–Crippen MR) is 87.1 cm³/mol. The van der Waals surface area contributed by atoms with E-state index in [1.54, 1.807) is 12.1 Å². The first-order valence-corrected chi connectivity index (χ1v) is 7.80. The lowest BCUT2D eigenvalue weighted by atomic mass is 10.2. The highest BCUT2D eigenvalue weighted by atomic mass is 16.7. The van der Waals surface area contributed by atoms with Crippen LogP contribution in [0.5, 0.6) is 11.5 Å². The number of nitrogens with zero attached hydrogens (tertiary/aromatic N) is 2. The van der Waals surface area contributed by atoms with Crippen LogP contribution < -0.4 is 25.4 Å². The zero-order chi connectivity index (χ0) is 16.4. The van der Waals surface area contributed by atoms with E-state index in [0.29, 0.717) is 24.2 Å². The van der Waals surface area contributed by atoms with Crippen molar-refractivity contribution in [3.63, 3.8) is 0 Å². The highest BCUT2D eigenvalue weighted by molar-refractivity contribution is 5.88. The maximum absolute atomic E-state index is 11.6. The number of hydrogen-bond donors (Lipinski definition) is 3. The summed E-state index contributed by atoms with van der Waals surface area (Å²) in [5.41, 5.74) is 1.05. The number of ether oxygens (including phenoxy) is 2. The third-order valence-corrected chi connectivity index (χ3v) is 3.73. The lowest BCUT2D eigenvalue weighted by molar-refractivity contribution is 0.174. The fraction of sp³-hybridized carbons (Fsp3) is 0.312. The van der Waals surface area contributed by atoms with Gasteiger partial charge in [-0.15, -0.1) is 10.2 Å². The second-order valence-corrected chi connectivity index (χ2v) is 5.72. The van der Waals surface area contributed by atoms with Crippen LogP contribution in [-0.4, -0.2) is 29.1 Å². The minimum Gasteiger partial charge on any atom is -0.454 e. The van der Waals surface area contributed by atoms with Gasteiger partial charge in [0, 0.05) is 12.6 Å². The Morgan fingerprint density at radius 3 is 2.67 bits per heavy atom. The summed E-state index contributed by atoms with van der Waals surface area (Å²) in [6.07, 6.45) is 2.09. The molecule has 1 aliphatic carbocycles. The van der Waals surface area contributed by atoms with E-state index in [-0.39, 0.29) is 12.8 Å². The summed E-state index contributed by atoms with van der Waals surface area (Å²) in [7, 11) is 0. The highest BCUT2D eigenvalue weighted by Gasteiger charge is 2.23. The Morgan fingerprint density at radius 2 is 1.88 bits per heavy atom. The van der Waals surface area contributed by atoms with Crippen LogP contribution >= 0.6 is 0 Å². The van der Waals surface area contributed by atoms with E-state index in [2.05, 4.69) is 26.1 Å². The Morgan fingerprint density at radius 1 is 1.08 bits per heavy atom. The van der Waals surface area contributed by atoms with Gasteiger partial charge in [0.2, 0.25) is 6.79 Å². The summed E-state index contributed by atoms with van der Waals surface area (Å²) in [5, 5.41) is 16.7. The van der Waals surface area contributed by atoms with Crippen LogP contribution in [0, 0.1) is 0 Å². The molecule has 2 heterocycles. The molecule has 2 aromatic rings. The molecule has 1 saturated carbocycles. The number of amides is 2. The van der Waals surface area contributed by atoms with Gasteiger partial charge in [-0.05, 0) is 42.7 Å². The van der Waals surface area contributed by atoms with Crippen molar-refractivity contribution < 1.29 is 14.3 Å². The molecule has 0 atom stereocenters. The van der Waals surface area contributed by atoms with Crippen molar-refractivity contribution in [2.24, 2.45) is 0 Å². The number of hydrogen-bond acceptors (Lipinski definition) is 6. The molecule has 4 rings (SSSR count). The van der Waals surface area contributed by atoms with Gasteiger partial charge in [-0.25, -0.2) is 4.79 Å². The number of anilines is 2. The molecule has 1 aliphatic heterocycles. The predicted octanol–water partition coefficient (Wildman–Crippen LogP) is 2.10. The van der Waals surface area contributed by atoms with E-state index in [4.69, 9.17) is 9.47 Å². The maximum atomic E-state index is 11.6. The van der Waals surface area contributed by atoms with E-state index >= 15 is 0 Å².